The molecule has 0 aliphatic carbocycles. The molecule has 0 rings (SSSR count). The molecule has 0 atom stereocenters. The fourth-order valence-electron chi connectivity index (χ4n) is 0.328. The number of hydrogen-bond donors (Lipinski definition) is 0. The van der Waals surface area contributed by atoms with Crippen LogP contribution in [0.3, 0.4) is 0 Å². The normalized spacial score (nSPS) is 9.43. The zero-order valence-electron chi connectivity index (χ0n) is 4.62. The lowest BCUT2D eigenvalue weighted by Crippen LogP contribution is -2.00. The highest BCUT2D eigenvalue weighted by molar-refractivity contribution is 7.23. The van der Waals surface area contributed by atoms with Crippen LogP contribution < -0.4 is 0 Å². The summed E-state index contributed by atoms with van der Waals surface area (Å²) in [5, 5.41) is 0. The van der Waals surface area contributed by atoms with E-state index in [1.807, 2.05) is 0 Å². The van der Waals surface area contributed by atoms with Crippen molar-refractivity contribution in [3.63, 3.8) is 0 Å². The Morgan fingerprint density at radius 2 is 2.29 bits per heavy atom. The van der Waals surface area contributed by atoms with E-state index in [0.29, 0.717) is 0 Å². The van der Waals surface area contributed by atoms with E-state index in [1.165, 1.54) is 18.9 Å². The largest absolute Gasteiger partial charge is 0.0654 e. The predicted molar refractivity (Wildman–Crippen MR) is 37.0 cm³/mol. The van der Waals surface area contributed by atoms with E-state index in [0.717, 1.165) is 17.6 Å². The lowest BCUT2D eigenvalue weighted by atomic mass is 10.4. The van der Waals surface area contributed by atoms with Gasteiger partial charge in [0.2, 0.25) is 0 Å². The minimum Gasteiger partial charge on any atom is -0.0654 e. The second-order valence-corrected chi connectivity index (χ2v) is 6.57. The van der Waals surface area contributed by atoms with Crippen molar-refractivity contribution in [1.29, 1.82) is 0 Å². The summed E-state index contributed by atoms with van der Waals surface area (Å²) in [6, 6.07) is 1.43. The van der Waals surface area contributed by atoms with E-state index < -0.39 is 0 Å². The predicted octanol–water partition coefficient (Wildman–Crippen LogP) is 0.612. The Morgan fingerprint density at radius 1 is 1.57 bits per heavy atom. The van der Waals surface area contributed by atoms with Gasteiger partial charge in [-0.25, -0.2) is 0 Å². The molecule has 3 heteroatoms. The molecule has 0 fully saturated rings. The van der Waals surface area contributed by atoms with Crippen LogP contribution in [0.15, 0.2) is 0 Å². The summed E-state index contributed by atoms with van der Waals surface area (Å²) in [6.45, 7) is 2.24. The van der Waals surface area contributed by atoms with Gasteiger partial charge in [0.15, 0.2) is 0 Å². The maximum absolute atomic E-state index is 3.46. The summed E-state index contributed by atoms with van der Waals surface area (Å²) in [5.41, 5.74) is 0. The van der Waals surface area contributed by atoms with Gasteiger partial charge < -0.3 is 0 Å². The molecular formula is C4H9Si3. The van der Waals surface area contributed by atoms with Crippen molar-refractivity contribution in [3.8, 4) is 0 Å². The van der Waals surface area contributed by atoms with Gasteiger partial charge >= 0.3 is 0 Å². The van der Waals surface area contributed by atoms with Gasteiger partial charge in [0.05, 0.1) is 0 Å². The number of unbranched alkanes of at least 4 members (excludes halogenated alkanes) is 1. The van der Waals surface area contributed by atoms with E-state index in [1.54, 1.807) is 0 Å². The third-order valence-electron chi connectivity index (χ3n) is 0.744. The first kappa shape index (κ1) is 7.65. The molecule has 7 heavy (non-hydrogen) atoms. The zero-order chi connectivity index (χ0) is 5.54. The highest BCUT2D eigenvalue weighted by Crippen LogP contribution is 1.90. The SMILES string of the molecule is CCCC[Si][Si][Si]. The molecule has 0 aromatic heterocycles. The van der Waals surface area contributed by atoms with Gasteiger partial charge in [-0.1, -0.05) is 25.8 Å². The average molecular weight is 141 g/mol. The molecule has 0 saturated heterocycles. The molecule has 0 spiro atoms. The summed E-state index contributed by atoms with van der Waals surface area (Å²) in [7, 11) is 5.63. The molecule has 0 heterocycles. The van der Waals surface area contributed by atoms with Gasteiger partial charge in [0.1, 0.15) is 0 Å². The molecule has 0 aromatic carbocycles. The van der Waals surface area contributed by atoms with Crippen LogP contribution in [0.5, 0.6) is 0 Å². The number of rotatable bonds is 4. The van der Waals surface area contributed by atoms with Crippen molar-refractivity contribution in [2.24, 2.45) is 0 Å². The molecule has 0 N–H and O–H groups in total. The Labute approximate surface area is 53.7 Å². The molecular weight excluding hydrogens is 132 g/mol. The Bertz CT molecular complexity index is 26.1. The quantitative estimate of drug-likeness (QED) is 0.398. The van der Waals surface area contributed by atoms with Gasteiger partial charge in [0, 0.05) is 27.4 Å². The van der Waals surface area contributed by atoms with Crippen LogP contribution in [0.25, 0.3) is 0 Å². The van der Waals surface area contributed by atoms with E-state index in [9.17, 15) is 0 Å². The van der Waals surface area contributed by atoms with Crippen molar-refractivity contribution < 1.29 is 0 Å². The summed E-state index contributed by atoms with van der Waals surface area (Å²) >= 11 is 0. The smallest absolute Gasteiger partial charge is 0.0180 e. The first-order chi connectivity index (χ1) is 3.41. The molecule has 0 saturated carbocycles. The summed E-state index contributed by atoms with van der Waals surface area (Å²) < 4.78 is 0. The molecule has 7 radical (unpaired) electrons. The summed E-state index contributed by atoms with van der Waals surface area (Å²) in [5.74, 6) is 0. The minimum absolute atomic E-state index is 1.00. The topological polar surface area (TPSA) is 0 Å². The fraction of sp³-hybridized carbons (Fsp3) is 1.00. The Morgan fingerprint density at radius 3 is 2.71 bits per heavy atom. The van der Waals surface area contributed by atoms with E-state index in [4.69, 9.17) is 0 Å². The van der Waals surface area contributed by atoms with Crippen LogP contribution in [-0.2, 0) is 0 Å². The lowest BCUT2D eigenvalue weighted by Gasteiger charge is -1.88. The molecule has 0 nitrogen and oxygen atoms in total. The molecule has 0 aliphatic rings. The van der Waals surface area contributed by atoms with Crippen LogP contribution in [0.4, 0.5) is 0 Å². The van der Waals surface area contributed by atoms with Crippen LogP contribution in [0, 0.1) is 0 Å². The maximum atomic E-state index is 3.46. The molecule has 37 valence electrons. The van der Waals surface area contributed by atoms with Crippen molar-refractivity contribution in [1.82, 2.24) is 0 Å². The highest BCUT2D eigenvalue weighted by atomic mass is 29.5. The van der Waals surface area contributed by atoms with Gasteiger partial charge in [-0.15, -0.1) is 0 Å². The molecule has 0 aliphatic heterocycles. The third-order valence-corrected chi connectivity index (χ3v) is 4.40. The van der Waals surface area contributed by atoms with Crippen LogP contribution in [0.2, 0.25) is 6.04 Å². The molecule has 0 aromatic rings. The van der Waals surface area contributed by atoms with Gasteiger partial charge in [-0.3, -0.25) is 0 Å². The first-order valence-corrected chi connectivity index (χ1v) is 7.27. The van der Waals surface area contributed by atoms with Crippen molar-refractivity contribution >= 4 is 27.4 Å². The van der Waals surface area contributed by atoms with E-state index in [-0.39, 0.29) is 0 Å². The standard InChI is InChI=1S/C4H9Si3/c1-2-3-4-6-7-5/h2-4H2,1H3. The zero-order valence-corrected chi connectivity index (χ0v) is 7.62. The Kier molecular flexibility index (Phi) is 7.27. The summed E-state index contributed by atoms with van der Waals surface area (Å²) in [4.78, 5) is 0. The minimum atomic E-state index is 1.00. The second-order valence-electron chi connectivity index (χ2n) is 1.41. The molecule has 0 bridgehead atoms. The lowest BCUT2D eigenvalue weighted by molar-refractivity contribution is 0.882. The Balaban J connectivity index is 2.45. The third kappa shape index (κ3) is 6.65. The second kappa shape index (κ2) is 6.65. The first-order valence-electron chi connectivity index (χ1n) is 2.56. The van der Waals surface area contributed by atoms with E-state index >= 15 is 0 Å². The van der Waals surface area contributed by atoms with Crippen molar-refractivity contribution in [2.45, 2.75) is 25.8 Å². The fourth-order valence-corrected chi connectivity index (χ4v) is 3.01. The van der Waals surface area contributed by atoms with Crippen molar-refractivity contribution in [2.75, 3.05) is 0 Å². The molecule has 0 amide bonds. The van der Waals surface area contributed by atoms with Crippen LogP contribution >= 0.6 is 0 Å². The van der Waals surface area contributed by atoms with Crippen LogP contribution in [0.1, 0.15) is 19.8 Å². The van der Waals surface area contributed by atoms with Crippen LogP contribution in [-0.4, -0.2) is 27.4 Å². The van der Waals surface area contributed by atoms with Gasteiger partial charge in [-0.2, -0.15) is 0 Å². The summed E-state index contributed by atoms with van der Waals surface area (Å²) in [6.07, 6.45) is 2.76. The Hall–Kier alpha value is 0.651. The van der Waals surface area contributed by atoms with Gasteiger partial charge in [-0.05, 0) is 0 Å². The average Bonchev–Trinajstić information content (AvgIpc) is 1.69. The molecule has 0 unspecified atom stereocenters. The van der Waals surface area contributed by atoms with Gasteiger partial charge in [0.25, 0.3) is 0 Å². The highest BCUT2D eigenvalue weighted by Gasteiger charge is 1.82. The van der Waals surface area contributed by atoms with Crippen molar-refractivity contribution in [3.05, 3.63) is 0 Å². The monoisotopic (exact) mass is 141 g/mol. The number of hydrogen-bond acceptors (Lipinski definition) is 0. The maximum Gasteiger partial charge on any atom is 0.0180 e. The van der Waals surface area contributed by atoms with E-state index in [2.05, 4.69) is 16.7 Å².